The first kappa shape index (κ1) is 14.4. The Morgan fingerprint density at radius 2 is 2.00 bits per heavy atom. The molecule has 2 aromatic heterocycles. The average Bonchev–Trinajstić information content (AvgIpc) is 3.16. The molecule has 0 N–H and O–H groups in total. The summed E-state index contributed by atoms with van der Waals surface area (Å²) >= 11 is 2.30. The van der Waals surface area contributed by atoms with E-state index in [-0.39, 0.29) is 16.8 Å². The molecule has 0 bridgehead atoms. The first-order valence-corrected chi connectivity index (χ1v) is 7.70. The highest BCUT2D eigenvalue weighted by Crippen LogP contribution is 2.30. The first-order chi connectivity index (χ1) is 10.7. The monoisotopic (exact) mass is 332 g/mol. The molecular weight excluding hydrogens is 326 g/mol. The molecule has 0 fully saturated rings. The second-order valence-electron chi connectivity index (χ2n) is 4.13. The highest BCUT2D eigenvalue weighted by atomic mass is 32.1. The fraction of sp³-hybridized carbons (Fsp3) is 0. The van der Waals surface area contributed by atoms with Gasteiger partial charge in [-0.05, 0) is 29.7 Å². The molecule has 0 aliphatic rings. The van der Waals surface area contributed by atoms with E-state index >= 15 is 0 Å². The molecular formula is C14H6F2N4S2. The molecule has 4 nitrogen and oxygen atoms in total. The van der Waals surface area contributed by atoms with Gasteiger partial charge in [0.05, 0.1) is 22.5 Å². The lowest BCUT2D eigenvalue weighted by Gasteiger charge is -2.00. The van der Waals surface area contributed by atoms with Crippen molar-refractivity contribution in [1.82, 2.24) is 14.6 Å². The van der Waals surface area contributed by atoms with Crippen LogP contribution in [-0.4, -0.2) is 14.6 Å². The van der Waals surface area contributed by atoms with Crippen LogP contribution >= 0.6 is 22.9 Å². The minimum absolute atomic E-state index is 0.160. The van der Waals surface area contributed by atoms with E-state index in [1.807, 2.05) is 6.07 Å². The second-order valence-corrected chi connectivity index (χ2v) is 5.60. The molecule has 0 saturated heterocycles. The predicted molar refractivity (Wildman–Crippen MR) is 80.9 cm³/mol. The fourth-order valence-electron chi connectivity index (χ4n) is 1.78. The lowest BCUT2D eigenvalue weighted by Crippen LogP contribution is -1.90. The third kappa shape index (κ3) is 2.77. The van der Waals surface area contributed by atoms with Crippen molar-refractivity contribution in [3.63, 3.8) is 0 Å². The van der Waals surface area contributed by atoms with Crippen LogP contribution in [0.5, 0.6) is 0 Å². The molecule has 0 atom stereocenters. The zero-order chi connectivity index (χ0) is 15.5. The summed E-state index contributed by atoms with van der Waals surface area (Å²) in [5, 5.41) is 16.6. The maximum absolute atomic E-state index is 13.8. The van der Waals surface area contributed by atoms with Crippen molar-refractivity contribution in [3.05, 3.63) is 51.3 Å². The number of hydrogen-bond donors (Lipinski definition) is 0. The van der Waals surface area contributed by atoms with Gasteiger partial charge < -0.3 is 0 Å². The molecule has 3 aromatic rings. The number of benzene rings is 1. The van der Waals surface area contributed by atoms with Crippen molar-refractivity contribution in [2.45, 2.75) is 0 Å². The number of halogens is 2. The van der Waals surface area contributed by atoms with Gasteiger partial charge in [0, 0.05) is 10.8 Å². The van der Waals surface area contributed by atoms with Gasteiger partial charge in [-0.15, -0.1) is 16.4 Å². The predicted octanol–water partition coefficient (Wildman–Crippen LogP) is 4.00. The van der Waals surface area contributed by atoms with Crippen LogP contribution < -0.4 is 0 Å². The minimum atomic E-state index is -0.692. The number of nitriles is 1. The molecule has 0 amide bonds. The van der Waals surface area contributed by atoms with E-state index in [0.717, 1.165) is 22.9 Å². The topological polar surface area (TPSA) is 62.5 Å². The Morgan fingerprint density at radius 1 is 1.23 bits per heavy atom. The quantitative estimate of drug-likeness (QED) is 0.680. The van der Waals surface area contributed by atoms with Gasteiger partial charge in [-0.25, -0.2) is 13.8 Å². The van der Waals surface area contributed by atoms with Gasteiger partial charge in [-0.2, -0.15) is 5.26 Å². The van der Waals surface area contributed by atoms with Crippen molar-refractivity contribution in [3.8, 4) is 17.3 Å². The van der Waals surface area contributed by atoms with Gasteiger partial charge in [0.1, 0.15) is 22.7 Å². The molecule has 1 aromatic carbocycles. The number of rotatable bonds is 3. The average molecular weight is 332 g/mol. The van der Waals surface area contributed by atoms with Gasteiger partial charge >= 0.3 is 0 Å². The molecule has 0 radical (unpaired) electrons. The van der Waals surface area contributed by atoms with Crippen LogP contribution in [0.15, 0.2) is 29.0 Å². The van der Waals surface area contributed by atoms with Crippen LogP contribution in [-0.2, 0) is 0 Å². The van der Waals surface area contributed by atoms with E-state index in [2.05, 4.69) is 14.6 Å². The van der Waals surface area contributed by atoms with Gasteiger partial charge in [0.25, 0.3) is 0 Å². The molecule has 0 spiro atoms. The molecule has 22 heavy (non-hydrogen) atoms. The third-order valence-corrected chi connectivity index (χ3v) is 4.14. The Balaban J connectivity index is 2.02. The summed E-state index contributed by atoms with van der Waals surface area (Å²) in [4.78, 5) is 4.16. The first-order valence-electron chi connectivity index (χ1n) is 5.98. The summed E-state index contributed by atoms with van der Waals surface area (Å²) in [6.45, 7) is 0. The SMILES string of the molecule is N#CC(=Cc1csnn1)c1nc(-c2c(F)cccc2F)cs1. The van der Waals surface area contributed by atoms with Gasteiger partial charge in [-0.1, -0.05) is 10.6 Å². The number of hydrogen-bond acceptors (Lipinski definition) is 6. The molecule has 108 valence electrons. The Hall–Kier alpha value is -2.50. The Morgan fingerprint density at radius 3 is 2.64 bits per heavy atom. The Kier molecular flexibility index (Phi) is 4.00. The fourth-order valence-corrected chi connectivity index (χ4v) is 2.97. The molecule has 0 aliphatic carbocycles. The van der Waals surface area contributed by atoms with Crippen LogP contribution in [0, 0.1) is 23.0 Å². The number of thiazole rings is 1. The van der Waals surface area contributed by atoms with E-state index in [9.17, 15) is 14.0 Å². The minimum Gasteiger partial charge on any atom is -0.235 e. The van der Waals surface area contributed by atoms with Gasteiger partial charge in [0.2, 0.25) is 0 Å². The standard InChI is InChI=1S/C14H6F2N4S2/c15-10-2-1-3-11(16)13(10)12-7-21-14(18-12)8(5-17)4-9-6-22-20-19-9/h1-4,6-7H. The number of aromatic nitrogens is 3. The van der Waals surface area contributed by atoms with Crippen molar-refractivity contribution in [2.75, 3.05) is 0 Å². The van der Waals surface area contributed by atoms with Crippen molar-refractivity contribution < 1.29 is 8.78 Å². The van der Waals surface area contributed by atoms with Gasteiger partial charge in [-0.3, -0.25) is 0 Å². The maximum Gasteiger partial charge on any atom is 0.135 e. The Bertz CT molecular complexity index is 858. The van der Waals surface area contributed by atoms with Crippen LogP contribution in [0.3, 0.4) is 0 Å². The van der Waals surface area contributed by atoms with Gasteiger partial charge in [0.15, 0.2) is 0 Å². The summed E-state index contributed by atoms with van der Waals surface area (Å²) in [5.74, 6) is -1.38. The largest absolute Gasteiger partial charge is 0.235 e. The summed E-state index contributed by atoms with van der Waals surface area (Å²) in [5.41, 5.74) is 0.766. The maximum atomic E-state index is 13.8. The normalized spacial score (nSPS) is 11.4. The highest BCUT2D eigenvalue weighted by molar-refractivity contribution is 7.11. The molecule has 0 saturated carbocycles. The third-order valence-electron chi connectivity index (χ3n) is 2.74. The molecule has 3 rings (SSSR count). The lowest BCUT2D eigenvalue weighted by atomic mass is 10.1. The van der Waals surface area contributed by atoms with Crippen molar-refractivity contribution >= 4 is 34.5 Å². The van der Waals surface area contributed by atoms with Crippen molar-refractivity contribution in [2.24, 2.45) is 0 Å². The van der Waals surface area contributed by atoms with Crippen LogP contribution in [0.1, 0.15) is 10.7 Å². The second kappa shape index (κ2) is 6.09. The summed E-state index contributed by atoms with van der Waals surface area (Å²) in [6, 6.07) is 5.63. The zero-order valence-corrected chi connectivity index (χ0v) is 12.5. The highest BCUT2D eigenvalue weighted by Gasteiger charge is 2.16. The van der Waals surface area contributed by atoms with Crippen molar-refractivity contribution in [1.29, 1.82) is 5.26 Å². The number of allylic oxidation sites excluding steroid dienone is 1. The lowest BCUT2D eigenvalue weighted by molar-refractivity contribution is 0.589. The summed E-state index contributed by atoms with van der Waals surface area (Å²) < 4.78 is 31.2. The van der Waals surface area contributed by atoms with E-state index in [1.165, 1.54) is 29.7 Å². The molecule has 0 unspecified atom stereocenters. The zero-order valence-electron chi connectivity index (χ0n) is 10.8. The molecule has 0 aliphatic heterocycles. The van der Waals surface area contributed by atoms with Crippen LogP contribution in [0.25, 0.3) is 22.9 Å². The van der Waals surface area contributed by atoms with E-state index in [1.54, 1.807) is 5.38 Å². The van der Waals surface area contributed by atoms with Crippen LogP contribution in [0.2, 0.25) is 0 Å². The Labute approximate surface area is 132 Å². The molecule has 8 heteroatoms. The van der Waals surface area contributed by atoms with Crippen LogP contribution in [0.4, 0.5) is 8.78 Å². The van der Waals surface area contributed by atoms with E-state index in [4.69, 9.17) is 0 Å². The smallest absolute Gasteiger partial charge is 0.135 e. The molecule has 2 heterocycles. The number of nitrogens with zero attached hydrogens (tertiary/aromatic N) is 4. The van der Waals surface area contributed by atoms with E-state index in [0.29, 0.717) is 10.7 Å². The summed E-state index contributed by atoms with van der Waals surface area (Å²) in [7, 11) is 0. The van der Waals surface area contributed by atoms with E-state index < -0.39 is 11.6 Å². The summed E-state index contributed by atoms with van der Waals surface area (Å²) in [6.07, 6.45) is 1.53.